The first-order valence-corrected chi connectivity index (χ1v) is 5.82. The van der Waals surface area contributed by atoms with E-state index in [1.54, 1.807) is 6.20 Å². The van der Waals surface area contributed by atoms with Gasteiger partial charge in [-0.3, -0.25) is 0 Å². The lowest BCUT2D eigenvalue weighted by molar-refractivity contribution is 0.301. The Morgan fingerprint density at radius 3 is 2.88 bits per heavy atom. The Bertz CT molecular complexity index is 304. The van der Waals surface area contributed by atoms with Crippen LogP contribution in [0.5, 0.6) is 0 Å². The molecule has 0 bridgehead atoms. The molecule has 0 spiro atoms. The van der Waals surface area contributed by atoms with Gasteiger partial charge in [0.05, 0.1) is 6.61 Å². The Morgan fingerprint density at radius 1 is 1.44 bits per heavy atom. The summed E-state index contributed by atoms with van der Waals surface area (Å²) in [5, 5.41) is 9.03. The fourth-order valence-corrected chi connectivity index (χ4v) is 1.57. The number of nitrogens with two attached hydrogens (primary N) is 1. The zero-order chi connectivity index (χ0) is 11.8. The van der Waals surface area contributed by atoms with E-state index in [1.165, 1.54) is 0 Å². The number of aliphatic hydroxyl groups excluding tert-OH is 1. The summed E-state index contributed by atoms with van der Waals surface area (Å²) in [6.07, 6.45) is 4.01. The predicted octanol–water partition coefficient (Wildman–Crippen LogP) is 1.14. The van der Waals surface area contributed by atoms with Gasteiger partial charge in [-0.25, -0.2) is 4.98 Å². The number of unbranched alkanes of at least 4 members (excludes halogenated alkanes) is 1. The molecule has 1 aromatic heterocycles. The SMILES string of the molecule is CCCCN(CCO)c1cc(CN)ccn1. The Hall–Kier alpha value is -1.13. The van der Waals surface area contributed by atoms with Crippen LogP contribution in [-0.2, 0) is 6.54 Å². The van der Waals surface area contributed by atoms with E-state index in [-0.39, 0.29) is 6.61 Å². The molecule has 1 rings (SSSR count). The monoisotopic (exact) mass is 223 g/mol. The van der Waals surface area contributed by atoms with Crippen LogP contribution in [0.4, 0.5) is 5.82 Å². The van der Waals surface area contributed by atoms with E-state index in [0.717, 1.165) is 30.8 Å². The summed E-state index contributed by atoms with van der Waals surface area (Å²) >= 11 is 0. The molecule has 0 fully saturated rings. The molecule has 0 amide bonds. The third-order valence-electron chi connectivity index (χ3n) is 2.52. The van der Waals surface area contributed by atoms with Gasteiger partial charge in [0.25, 0.3) is 0 Å². The molecule has 1 heterocycles. The number of hydrogen-bond acceptors (Lipinski definition) is 4. The van der Waals surface area contributed by atoms with Gasteiger partial charge >= 0.3 is 0 Å². The van der Waals surface area contributed by atoms with E-state index in [9.17, 15) is 0 Å². The number of aromatic nitrogens is 1. The minimum Gasteiger partial charge on any atom is -0.395 e. The van der Waals surface area contributed by atoms with Gasteiger partial charge in [0.15, 0.2) is 0 Å². The number of rotatable bonds is 7. The topological polar surface area (TPSA) is 62.4 Å². The third kappa shape index (κ3) is 3.79. The largest absolute Gasteiger partial charge is 0.395 e. The van der Waals surface area contributed by atoms with Crippen molar-refractivity contribution in [3.8, 4) is 0 Å². The maximum Gasteiger partial charge on any atom is 0.128 e. The first kappa shape index (κ1) is 12.9. The van der Waals surface area contributed by atoms with Crippen LogP contribution in [0.1, 0.15) is 25.3 Å². The van der Waals surface area contributed by atoms with Crippen LogP contribution in [0, 0.1) is 0 Å². The van der Waals surface area contributed by atoms with Gasteiger partial charge in [0.1, 0.15) is 5.82 Å². The fraction of sp³-hybridized carbons (Fsp3) is 0.583. The molecule has 0 saturated carbocycles. The first-order chi connectivity index (χ1) is 7.81. The van der Waals surface area contributed by atoms with Gasteiger partial charge in [-0.05, 0) is 24.1 Å². The van der Waals surface area contributed by atoms with Gasteiger partial charge in [-0.15, -0.1) is 0 Å². The molecular weight excluding hydrogens is 202 g/mol. The van der Waals surface area contributed by atoms with Crippen LogP contribution in [0.3, 0.4) is 0 Å². The molecule has 0 unspecified atom stereocenters. The minimum absolute atomic E-state index is 0.151. The number of hydrogen-bond donors (Lipinski definition) is 2. The molecule has 90 valence electrons. The molecule has 0 aliphatic rings. The van der Waals surface area contributed by atoms with Gasteiger partial charge in [-0.2, -0.15) is 0 Å². The predicted molar refractivity (Wildman–Crippen MR) is 66.3 cm³/mol. The van der Waals surface area contributed by atoms with Gasteiger partial charge in [0.2, 0.25) is 0 Å². The normalized spacial score (nSPS) is 10.4. The van der Waals surface area contributed by atoms with Crippen LogP contribution in [0.15, 0.2) is 18.3 Å². The molecule has 0 aliphatic carbocycles. The van der Waals surface area contributed by atoms with E-state index in [2.05, 4.69) is 16.8 Å². The number of pyridine rings is 1. The van der Waals surface area contributed by atoms with Gasteiger partial charge in [0, 0.05) is 25.8 Å². The molecule has 3 N–H and O–H groups in total. The third-order valence-corrected chi connectivity index (χ3v) is 2.52. The van der Waals surface area contributed by atoms with Crippen LogP contribution >= 0.6 is 0 Å². The Labute approximate surface area is 97.1 Å². The highest BCUT2D eigenvalue weighted by Crippen LogP contribution is 2.13. The number of anilines is 1. The van der Waals surface area contributed by atoms with Crippen LogP contribution < -0.4 is 10.6 Å². The lowest BCUT2D eigenvalue weighted by Crippen LogP contribution is -2.28. The Balaban J connectivity index is 2.73. The van der Waals surface area contributed by atoms with Crippen LogP contribution in [-0.4, -0.2) is 29.8 Å². The summed E-state index contributed by atoms with van der Waals surface area (Å²) in [4.78, 5) is 6.42. The molecule has 16 heavy (non-hydrogen) atoms. The highest BCUT2D eigenvalue weighted by Gasteiger charge is 2.06. The Morgan fingerprint density at radius 2 is 2.25 bits per heavy atom. The van der Waals surface area contributed by atoms with E-state index in [1.807, 2.05) is 12.1 Å². The summed E-state index contributed by atoms with van der Waals surface area (Å²) in [5.41, 5.74) is 6.67. The summed E-state index contributed by atoms with van der Waals surface area (Å²) in [6, 6.07) is 3.91. The smallest absolute Gasteiger partial charge is 0.128 e. The minimum atomic E-state index is 0.151. The van der Waals surface area contributed by atoms with Crippen LogP contribution in [0.2, 0.25) is 0 Å². The van der Waals surface area contributed by atoms with E-state index >= 15 is 0 Å². The highest BCUT2D eigenvalue weighted by atomic mass is 16.3. The molecular formula is C12H21N3O. The molecule has 4 heteroatoms. The standard InChI is InChI=1S/C12H21N3O/c1-2-3-6-15(7-8-16)12-9-11(10-13)4-5-14-12/h4-5,9,16H,2-3,6-8,10,13H2,1H3. The maximum absolute atomic E-state index is 9.03. The highest BCUT2D eigenvalue weighted by molar-refractivity contribution is 5.40. The molecule has 0 radical (unpaired) electrons. The molecule has 0 atom stereocenters. The lowest BCUT2D eigenvalue weighted by Gasteiger charge is -2.22. The van der Waals surface area contributed by atoms with Crippen LogP contribution in [0.25, 0.3) is 0 Å². The van der Waals surface area contributed by atoms with E-state index in [0.29, 0.717) is 13.1 Å². The molecule has 0 aliphatic heterocycles. The molecule has 0 saturated heterocycles. The second-order valence-electron chi connectivity index (χ2n) is 3.79. The zero-order valence-corrected chi connectivity index (χ0v) is 9.89. The molecule has 4 nitrogen and oxygen atoms in total. The van der Waals surface area contributed by atoms with Crippen molar-refractivity contribution in [1.29, 1.82) is 0 Å². The van der Waals surface area contributed by atoms with Crippen molar-refractivity contribution in [3.05, 3.63) is 23.9 Å². The molecule has 0 aromatic carbocycles. The summed E-state index contributed by atoms with van der Waals surface area (Å²) in [6.45, 7) is 4.38. The summed E-state index contributed by atoms with van der Waals surface area (Å²) in [5.74, 6) is 0.908. The van der Waals surface area contributed by atoms with E-state index < -0.39 is 0 Å². The zero-order valence-electron chi connectivity index (χ0n) is 9.89. The maximum atomic E-state index is 9.03. The number of aliphatic hydroxyl groups is 1. The van der Waals surface area contributed by atoms with Crippen molar-refractivity contribution < 1.29 is 5.11 Å². The average Bonchev–Trinajstić information content (AvgIpc) is 2.34. The Kier molecular flexibility index (Phi) is 5.82. The van der Waals surface area contributed by atoms with Crippen molar-refractivity contribution in [2.75, 3.05) is 24.6 Å². The summed E-state index contributed by atoms with van der Waals surface area (Å²) < 4.78 is 0. The lowest BCUT2D eigenvalue weighted by atomic mass is 10.2. The first-order valence-electron chi connectivity index (χ1n) is 5.82. The van der Waals surface area contributed by atoms with Crippen molar-refractivity contribution in [2.24, 2.45) is 5.73 Å². The van der Waals surface area contributed by atoms with Crippen molar-refractivity contribution in [3.63, 3.8) is 0 Å². The second kappa shape index (κ2) is 7.19. The van der Waals surface area contributed by atoms with E-state index in [4.69, 9.17) is 10.8 Å². The van der Waals surface area contributed by atoms with Gasteiger partial charge in [-0.1, -0.05) is 13.3 Å². The second-order valence-corrected chi connectivity index (χ2v) is 3.79. The average molecular weight is 223 g/mol. The van der Waals surface area contributed by atoms with Crippen molar-refractivity contribution >= 4 is 5.82 Å². The van der Waals surface area contributed by atoms with Crippen molar-refractivity contribution in [1.82, 2.24) is 4.98 Å². The fourth-order valence-electron chi connectivity index (χ4n) is 1.57. The molecule has 1 aromatic rings. The summed E-state index contributed by atoms with van der Waals surface area (Å²) in [7, 11) is 0. The van der Waals surface area contributed by atoms with Crippen molar-refractivity contribution in [2.45, 2.75) is 26.3 Å². The number of nitrogens with zero attached hydrogens (tertiary/aromatic N) is 2. The quantitative estimate of drug-likeness (QED) is 0.727. The van der Waals surface area contributed by atoms with Gasteiger partial charge < -0.3 is 15.7 Å².